The predicted molar refractivity (Wildman–Crippen MR) is 62.1 cm³/mol. The molecule has 0 aliphatic heterocycles. The Balaban J connectivity index is 3.98. The van der Waals surface area contributed by atoms with Crippen molar-refractivity contribution in [2.75, 3.05) is 20.1 Å². The van der Waals surface area contributed by atoms with Crippen LogP contribution in [0.3, 0.4) is 0 Å². The van der Waals surface area contributed by atoms with Crippen LogP contribution in [0.5, 0.6) is 0 Å². The van der Waals surface area contributed by atoms with Crippen LogP contribution in [0.15, 0.2) is 0 Å². The largest absolute Gasteiger partial charge is 0.363 e. The van der Waals surface area contributed by atoms with E-state index in [-0.39, 0.29) is 5.91 Å². The van der Waals surface area contributed by atoms with Gasteiger partial charge in [0.1, 0.15) is 0 Å². The highest BCUT2D eigenvalue weighted by Gasteiger charge is 2.26. The molecule has 82 valence electrons. The summed E-state index contributed by atoms with van der Waals surface area (Å²) in [6, 6.07) is 0. The molecule has 0 bridgehead atoms. The fourth-order valence-corrected chi connectivity index (χ4v) is 1.16. The zero-order chi connectivity index (χ0) is 11.2. The lowest BCUT2D eigenvalue weighted by molar-refractivity contribution is -0.128. The van der Waals surface area contributed by atoms with E-state index in [0.29, 0.717) is 11.7 Å². The monoisotopic (exact) mass is 217 g/mol. The van der Waals surface area contributed by atoms with Crippen molar-refractivity contribution in [1.82, 2.24) is 16.0 Å². The van der Waals surface area contributed by atoms with E-state index in [9.17, 15) is 4.79 Å². The van der Waals surface area contributed by atoms with Gasteiger partial charge in [-0.2, -0.15) is 0 Å². The van der Waals surface area contributed by atoms with Gasteiger partial charge >= 0.3 is 0 Å². The van der Waals surface area contributed by atoms with Crippen molar-refractivity contribution in [1.29, 1.82) is 0 Å². The molecule has 0 aromatic carbocycles. The molecule has 0 fully saturated rings. The SMILES string of the molecule is CCNC(=S)NCC(C)(C)C(=O)NC. The van der Waals surface area contributed by atoms with Crippen molar-refractivity contribution in [2.45, 2.75) is 20.8 Å². The Morgan fingerprint density at radius 1 is 1.36 bits per heavy atom. The van der Waals surface area contributed by atoms with Crippen LogP contribution in [0.4, 0.5) is 0 Å². The smallest absolute Gasteiger partial charge is 0.227 e. The van der Waals surface area contributed by atoms with Crippen LogP contribution in [0.1, 0.15) is 20.8 Å². The summed E-state index contributed by atoms with van der Waals surface area (Å²) in [6.45, 7) is 7.02. The Morgan fingerprint density at radius 2 is 1.93 bits per heavy atom. The Hall–Kier alpha value is -0.840. The van der Waals surface area contributed by atoms with Crippen LogP contribution in [-0.4, -0.2) is 31.2 Å². The van der Waals surface area contributed by atoms with Gasteiger partial charge in [-0.25, -0.2) is 0 Å². The van der Waals surface area contributed by atoms with E-state index in [2.05, 4.69) is 16.0 Å². The molecule has 0 aliphatic carbocycles. The first-order valence-electron chi connectivity index (χ1n) is 4.68. The molecule has 0 atom stereocenters. The number of nitrogens with one attached hydrogen (secondary N) is 3. The third kappa shape index (κ3) is 4.41. The topological polar surface area (TPSA) is 53.2 Å². The van der Waals surface area contributed by atoms with Gasteiger partial charge in [0.25, 0.3) is 0 Å². The van der Waals surface area contributed by atoms with Crippen LogP contribution in [0, 0.1) is 5.41 Å². The van der Waals surface area contributed by atoms with Gasteiger partial charge in [-0.1, -0.05) is 0 Å². The van der Waals surface area contributed by atoms with Gasteiger partial charge in [-0.05, 0) is 33.0 Å². The third-order valence-corrected chi connectivity index (χ3v) is 2.16. The summed E-state index contributed by atoms with van der Waals surface area (Å²) >= 11 is 4.99. The highest BCUT2D eigenvalue weighted by Crippen LogP contribution is 2.12. The second kappa shape index (κ2) is 5.80. The molecule has 0 saturated heterocycles. The summed E-state index contributed by atoms with van der Waals surface area (Å²) < 4.78 is 0. The first-order chi connectivity index (χ1) is 6.44. The average molecular weight is 217 g/mol. The van der Waals surface area contributed by atoms with Crippen molar-refractivity contribution >= 4 is 23.2 Å². The number of thiocarbonyl (C=S) groups is 1. The minimum absolute atomic E-state index is 0.00398. The molecule has 4 nitrogen and oxygen atoms in total. The third-order valence-electron chi connectivity index (χ3n) is 1.87. The molecule has 14 heavy (non-hydrogen) atoms. The van der Waals surface area contributed by atoms with E-state index < -0.39 is 5.41 Å². The summed E-state index contributed by atoms with van der Waals surface area (Å²) in [5.74, 6) is 0.00398. The number of hydrogen-bond donors (Lipinski definition) is 3. The number of carbonyl (C=O) groups is 1. The minimum Gasteiger partial charge on any atom is -0.363 e. The van der Waals surface area contributed by atoms with Gasteiger partial charge < -0.3 is 16.0 Å². The molecule has 0 rings (SSSR count). The summed E-state index contributed by atoms with van der Waals surface area (Å²) in [6.07, 6.45) is 0. The van der Waals surface area contributed by atoms with Gasteiger partial charge in [0.05, 0.1) is 5.41 Å². The van der Waals surface area contributed by atoms with Crippen molar-refractivity contribution in [3.05, 3.63) is 0 Å². The molecule has 5 heteroatoms. The summed E-state index contributed by atoms with van der Waals surface area (Å²) in [5, 5.41) is 9.17. The standard InChI is InChI=1S/C9H19N3OS/c1-5-11-8(14)12-6-9(2,3)7(13)10-4/h5-6H2,1-4H3,(H,10,13)(H2,11,12,14). The van der Waals surface area contributed by atoms with Gasteiger partial charge in [-0.3, -0.25) is 4.79 Å². The van der Waals surface area contributed by atoms with Gasteiger partial charge in [0.2, 0.25) is 5.91 Å². The maximum atomic E-state index is 11.4. The lowest BCUT2D eigenvalue weighted by Gasteiger charge is -2.23. The van der Waals surface area contributed by atoms with E-state index in [1.165, 1.54) is 0 Å². The fraction of sp³-hybridized carbons (Fsp3) is 0.778. The fourth-order valence-electron chi connectivity index (χ4n) is 0.943. The first kappa shape index (κ1) is 13.2. The Morgan fingerprint density at radius 3 is 2.36 bits per heavy atom. The Labute approximate surface area is 90.8 Å². The van der Waals surface area contributed by atoms with Crippen LogP contribution in [0.2, 0.25) is 0 Å². The average Bonchev–Trinajstić information content (AvgIpc) is 2.14. The minimum atomic E-state index is -0.450. The Bertz CT molecular complexity index is 216. The second-order valence-corrected chi connectivity index (χ2v) is 4.08. The molecule has 0 radical (unpaired) electrons. The number of hydrogen-bond acceptors (Lipinski definition) is 2. The van der Waals surface area contributed by atoms with Crippen LogP contribution in [-0.2, 0) is 4.79 Å². The van der Waals surface area contributed by atoms with Crippen molar-refractivity contribution < 1.29 is 4.79 Å². The van der Waals surface area contributed by atoms with Gasteiger partial charge in [-0.15, -0.1) is 0 Å². The molecule has 0 spiro atoms. The zero-order valence-corrected chi connectivity index (χ0v) is 10.0. The van der Waals surface area contributed by atoms with Crippen molar-refractivity contribution in [3.63, 3.8) is 0 Å². The molecule has 0 heterocycles. The number of amides is 1. The van der Waals surface area contributed by atoms with Crippen molar-refractivity contribution in [3.8, 4) is 0 Å². The highest BCUT2D eigenvalue weighted by atomic mass is 32.1. The van der Waals surface area contributed by atoms with Crippen LogP contribution < -0.4 is 16.0 Å². The van der Waals surface area contributed by atoms with E-state index in [1.54, 1.807) is 7.05 Å². The quantitative estimate of drug-likeness (QED) is 0.591. The molecule has 3 N–H and O–H groups in total. The second-order valence-electron chi connectivity index (χ2n) is 3.68. The lowest BCUT2D eigenvalue weighted by atomic mass is 9.92. The van der Waals surface area contributed by atoms with E-state index in [4.69, 9.17) is 12.2 Å². The van der Waals surface area contributed by atoms with Gasteiger partial charge in [0, 0.05) is 20.1 Å². The zero-order valence-electron chi connectivity index (χ0n) is 9.23. The maximum absolute atomic E-state index is 11.4. The summed E-state index contributed by atoms with van der Waals surface area (Å²) in [7, 11) is 1.63. The molecule has 0 aromatic rings. The van der Waals surface area contributed by atoms with E-state index in [0.717, 1.165) is 6.54 Å². The molecule has 1 amide bonds. The van der Waals surface area contributed by atoms with Crippen molar-refractivity contribution in [2.24, 2.45) is 5.41 Å². The van der Waals surface area contributed by atoms with Crippen LogP contribution >= 0.6 is 12.2 Å². The highest BCUT2D eigenvalue weighted by molar-refractivity contribution is 7.80. The molecule has 0 aliphatic rings. The molecular formula is C9H19N3OS. The number of carbonyl (C=O) groups excluding carboxylic acids is 1. The molecule has 0 aromatic heterocycles. The maximum Gasteiger partial charge on any atom is 0.227 e. The summed E-state index contributed by atoms with van der Waals surface area (Å²) in [5.41, 5.74) is -0.450. The Kier molecular flexibility index (Phi) is 5.45. The normalized spacial score (nSPS) is 10.6. The molecule has 0 saturated carbocycles. The number of rotatable bonds is 4. The molecule has 0 unspecified atom stereocenters. The first-order valence-corrected chi connectivity index (χ1v) is 5.08. The molecular weight excluding hydrogens is 198 g/mol. The van der Waals surface area contributed by atoms with Crippen LogP contribution in [0.25, 0.3) is 0 Å². The van der Waals surface area contributed by atoms with E-state index >= 15 is 0 Å². The summed E-state index contributed by atoms with van der Waals surface area (Å²) in [4.78, 5) is 11.4. The lowest BCUT2D eigenvalue weighted by Crippen LogP contribution is -2.46. The van der Waals surface area contributed by atoms with E-state index in [1.807, 2.05) is 20.8 Å². The van der Waals surface area contributed by atoms with Gasteiger partial charge in [0.15, 0.2) is 5.11 Å². The predicted octanol–water partition coefficient (Wildman–Crippen LogP) is 0.243.